The molecule has 31 heavy (non-hydrogen) atoms. The smallest absolute Gasteiger partial charge is 0.379 e. The number of guanidine groups is 1. The average Bonchev–Trinajstić information content (AvgIpc) is 3.14. The lowest BCUT2D eigenvalue weighted by molar-refractivity contribution is -0.143. The van der Waals surface area contributed by atoms with Crippen LogP contribution in [-0.4, -0.2) is 87.0 Å². The number of hydrogen-bond acceptors (Lipinski definition) is 4. The molecule has 2 N–H and O–H groups in total. The molecule has 2 heterocycles. The Morgan fingerprint density at radius 2 is 2.03 bits per heavy atom. The standard InChI is InChI=1S/C21H31F4N5O/c1-2-26-20(28-18-6-7-29(14-18)15-21(23,24)25)27-13-19(30-8-10-31-11-9-30)16-4-3-5-17(22)12-16/h3-5,12,18-19H,2,6-11,13-15H2,1H3,(H2,26,27,28). The Hall–Kier alpha value is -1.91. The monoisotopic (exact) mass is 445 g/mol. The molecule has 2 aliphatic rings. The summed E-state index contributed by atoms with van der Waals surface area (Å²) in [5.74, 6) is 0.275. The third-order valence-electron chi connectivity index (χ3n) is 5.50. The first kappa shape index (κ1) is 23.7. The van der Waals surface area contributed by atoms with Crippen molar-refractivity contribution in [3.8, 4) is 0 Å². The van der Waals surface area contributed by atoms with Crippen LogP contribution in [-0.2, 0) is 4.74 Å². The maximum atomic E-state index is 13.9. The SMILES string of the molecule is CCNC(=NCC(c1cccc(F)c1)N1CCOCC1)NC1CCN(CC(F)(F)F)C1. The lowest BCUT2D eigenvalue weighted by Crippen LogP contribution is -2.46. The zero-order chi connectivity index (χ0) is 22.3. The third-order valence-corrected chi connectivity index (χ3v) is 5.50. The molecule has 2 aliphatic heterocycles. The fraction of sp³-hybridized carbons (Fsp3) is 0.667. The van der Waals surface area contributed by atoms with Crippen molar-refractivity contribution in [1.29, 1.82) is 0 Å². The maximum absolute atomic E-state index is 13.9. The third kappa shape index (κ3) is 7.62. The molecule has 0 saturated carbocycles. The van der Waals surface area contributed by atoms with Gasteiger partial charge in [-0.1, -0.05) is 12.1 Å². The molecule has 1 aromatic carbocycles. The van der Waals surface area contributed by atoms with Crippen LogP contribution in [0.1, 0.15) is 24.9 Å². The molecule has 6 nitrogen and oxygen atoms in total. The fourth-order valence-corrected chi connectivity index (χ4v) is 4.07. The van der Waals surface area contributed by atoms with Gasteiger partial charge in [-0.3, -0.25) is 14.8 Å². The van der Waals surface area contributed by atoms with E-state index in [1.165, 1.54) is 17.0 Å². The van der Waals surface area contributed by atoms with Crippen LogP contribution in [0.3, 0.4) is 0 Å². The molecule has 0 spiro atoms. The number of morpholine rings is 1. The summed E-state index contributed by atoms with van der Waals surface area (Å²) in [7, 11) is 0. The van der Waals surface area contributed by atoms with Gasteiger partial charge in [0.25, 0.3) is 0 Å². The van der Waals surface area contributed by atoms with Gasteiger partial charge >= 0.3 is 6.18 Å². The lowest BCUT2D eigenvalue weighted by Gasteiger charge is -2.34. The summed E-state index contributed by atoms with van der Waals surface area (Å²) in [5, 5.41) is 6.44. The molecule has 2 saturated heterocycles. The largest absolute Gasteiger partial charge is 0.401 e. The number of nitrogens with one attached hydrogen (secondary N) is 2. The number of rotatable bonds is 7. The van der Waals surface area contributed by atoms with Gasteiger partial charge in [-0.15, -0.1) is 0 Å². The van der Waals surface area contributed by atoms with E-state index in [1.54, 1.807) is 6.07 Å². The van der Waals surface area contributed by atoms with Gasteiger partial charge in [0.2, 0.25) is 0 Å². The molecule has 2 fully saturated rings. The van der Waals surface area contributed by atoms with Crippen LogP contribution in [0, 0.1) is 5.82 Å². The highest BCUT2D eigenvalue weighted by molar-refractivity contribution is 5.80. The van der Waals surface area contributed by atoms with E-state index < -0.39 is 12.7 Å². The van der Waals surface area contributed by atoms with Crippen molar-refractivity contribution >= 4 is 5.96 Å². The number of alkyl halides is 3. The number of hydrogen-bond donors (Lipinski definition) is 2. The van der Waals surface area contributed by atoms with E-state index in [2.05, 4.69) is 15.5 Å². The van der Waals surface area contributed by atoms with Crippen molar-refractivity contribution in [2.45, 2.75) is 31.6 Å². The molecule has 0 bridgehead atoms. The normalized spacial score (nSPS) is 22.5. The average molecular weight is 446 g/mol. The number of ether oxygens (including phenoxy) is 1. The van der Waals surface area contributed by atoms with Gasteiger partial charge in [0.05, 0.1) is 32.3 Å². The summed E-state index contributed by atoms with van der Waals surface area (Å²) in [5.41, 5.74) is 0.846. The Kier molecular flexibility index (Phi) is 8.50. The number of aliphatic imine (C=N–C) groups is 1. The molecule has 0 aromatic heterocycles. The Labute approximate surface area is 180 Å². The molecule has 2 unspecified atom stereocenters. The van der Waals surface area contributed by atoms with Crippen molar-refractivity contribution in [2.24, 2.45) is 4.99 Å². The minimum atomic E-state index is -4.19. The fourth-order valence-electron chi connectivity index (χ4n) is 4.07. The van der Waals surface area contributed by atoms with Gasteiger partial charge < -0.3 is 15.4 Å². The van der Waals surface area contributed by atoms with Crippen LogP contribution in [0.15, 0.2) is 29.3 Å². The summed E-state index contributed by atoms with van der Waals surface area (Å²) in [6, 6.07) is 6.32. The Morgan fingerprint density at radius 3 is 2.71 bits per heavy atom. The van der Waals surface area contributed by atoms with E-state index >= 15 is 0 Å². The zero-order valence-electron chi connectivity index (χ0n) is 17.8. The van der Waals surface area contributed by atoms with Crippen molar-refractivity contribution < 1.29 is 22.3 Å². The predicted molar refractivity (Wildman–Crippen MR) is 112 cm³/mol. The summed E-state index contributed by atoms with van der Waals surface area (Å²) in [6.07, 6.45) is -3.57. The van der Waals surface area contributed by atoms with Crippen LogP contribution >= 0.6 is 0 Å². The first-order valence-electron chi connectivity index (χ1n) is 10.8. The second-order valence-electron chi connectivity index (χ2n) is 7.92. The number of halogens is 4. The molecule has 1 aromatic rings. The topological polar surface area (TPSA) is 52.1 Å². The van der Waals surface area contributed by atoms with Crippen LogP contribution in [0.2, 0.25) is 0 Å². The number of nitrogens with zero attached hydrogens (tertiary/aromatic N) is 3. The summed E-state index contributed by atoms with van der Waals surface area (Å²) >= 11 is 0. The Balaban J connectivity index is 1.67. The van der Waals surface area contributed by atoms with E-state index in [0.717, 1.165) is 18.7 Å². The lowest BCUT2D eigenvalue weighted by atomic mass is 10.0. The second-order valence-corrected chi connectivity index (χ2v) is 7.92. The first-order chi connectivity index (χ1) is 14.8. The van der Waals surface area contributed by atoms with Gasteiger partial charge in [-0.05, 0) is 31.0 Å². The van der Waals surface area contributed by atoms with Crippen molar-refractivity contribution in [1.82, 2.24) is 20.4 Å². The minimum Gasteiger partial charge on any atom is -0.379 e. The highest BCUT2D eigenvalue weighted by Gasteiger charge is 2.34. The molecular weight excluding hydrogens is 414 g/mol. The van der Waals surface area contributed by atoms with E-state index in [4.69, 9.17) is 9.73 Å². The Bertz CT molecular complexity index is 724. The highest BCUT2D eigenvalue weighted by atomic mass is 19.4. The van der Waals surface area contributed by atoms with Gasteiger partial charge in [0.15, 0.2) is 5.96 Å². The molecule has 3 rings (SSSR count). The molecular formula is C21H31F4N5O. The van der Waals surface area contributed by atoms with Gasteiger partial charge in [-0.2, -0.15) is 13.2 Å². The van der Waals surface area contributed by atoms with E-state index in [9.17, 15) is 17.6 Å². The molecule has 2 atom stereocenters. The quantitative estimate of drug-likeness (QED) is 0.384. The molecule has 0 radical (unpaired) electrons. The number of benzene rings is 1. The van der Waals surface area contributed by atoms with Crippen molar-refractivity contribution in [3.05, 3.63) is 35.6 Å². The van der Waals surface area contributed by atoms with Crippen molar-refractivity contribution in [2.75, 3.05) is 59.0 Å². The van der Waals surface area contributed by atoms with E-state index in [0.29, 0.717) is 51.8 Å². The Morgan fingerprint density at radius 1 is 1.26 bits per heavy atom. The minimum absolute atomic E-state index is 0.101. The maximum Gasteiger partial charge on any atom is 0.401 e. The van der Waals surface area contributed by atoms with E-state index in [-0.39, 0.29) is 17.9 Å². The van der Waals surface area contributed by atoms with Gasteiger partial charge in [0.1, 0.15) is 5.82 Å². The molecule has 0 amide bonds. The van der Waals surface area contributed by atoms with Gasteiger partial charge in [0, 0.05) is 38.8 Å². The molecule has 10 heteroatoms. The van der Waals surface area contributed by atoms with Crippen LogP contribution in [0.25, 0.3) is 0 Å². The second kappa shape index (κ2) is 11.1. The van der Waals surface area contributed by atoms with E-state index in [1.807, 2.05) is 13.0 Å². The summed E-state index contributed by atoms with van der Waals surface area (Å²) in [6.45, 7) is 5.49. The first-order valence-corrected chi connectivity index (χ1v) is 10.8. The van der Waals surface area contributed by atoms with Crippen LogP contribution in [0.5, 0.6) is 0 Å². The van der Waals surface area contributed by atoms with Crippen molar-refractivity contribution in [3.63, 3.8) is 0 Å². The van der Waals surface area contributed by atoms with Crippen LogP contribution < -0.4 is 10.6 Å². The highest BCUT2D eigenvalue weighted by Crippen LogP contribution is 2.23. The predicted octanol–water partition coefficient (Wildman–Crippen LogP) is 2.39. The zero-order valence-corrected chi connectivity index (χ0v) is 17.8. The number of likely N-dealkylation sites (tertiary alicyclic amines) is 1. The summed E-state index contributed by atoms with van der Waals surface area (Å²) in [4.78, 5) is 8.34. The van der Waals surface area contributed by atoms with Crippen LogP contribution in [0.4, 0.5) is 17.6 Å². The molecule has 174 valence electrons. The molecule has 0 aliphatic carbocycles. The summed E-state index contributed by atoms with van der Waals surface area (Å²) < 4.78 is 57.3. The van der Waals surface area contributed by atoms with Gasteiger partial charge in [-0.25, -0.2) is 4.39 Å².